The molecule has 1 aromatic carbocycles. The first-order chi connectivity index (χ1) is 8.13. The van der Waals surface area contributed by atoms with E-state index in [9.17, 15) is 14.9 Å². The fourth-order valence-corrected chi connectivity index (χ4v) is 2.17. The van der Waals surface area contributed by atoms with E-state index in [4.69, 9.17) is 0 Å². The lowest BCUT2D eigenvalue weighted by Crippen LogP contribution is -2.29. The fourth-order valence-electron chi connectivity index (χ4n) is 2.17. The van der Waals surface area contributed by atoms with Crippen LogP contribution in [-0.4, -0.2) is 17.4 Å². The number of carbonyl (C=O) groups excluding carboxylic acids is 1. The smallest absolute Gasteiger partial charge is 0.271 e. The molecular formula is C12H14N2O3. The minimum atomic E-state index is -0.427. The summed E-state index contributed by atoms with van der Waals surface area (Å²) in [5.41, 5.74) is 1.75. The molecule has 17 heavy (non-hydrogen) atoms. The lowest BCUT2D eigenvalue weighted by molar-refractivity contribution is -0.384. The second-order valence-electron chi connectivity index (χ2n) is 4.06. The van der Waals surface area contributed by atoms with Gasteiger partial charge in [-0.1, -0.05) is 6.07 Å². The molecule has 1 heterocycles. The summed E-state index contributed by atoms with van der Waals surface area (Å²) >= 11 is 0. The molecule has 5 nitrogen and oxygen atoms in total. The summed E-state index contributed by atoms with van der Waals surface area (Å²) < 4.78 is 0. The second kappa shape index (κ2) is 4.53. The Hall–Kier alpha value is -1.91. The number of aryl methyl sites for hydroxylation is 1. The maximum Gasteiger partial charge on any atom is 0.271 e. The summed E-state index contributed by atoms with van der Waals surface area (Å²) in [6, 6.07) is 4.76. The zero-order valence-electron chi connectivity index (χ0n) is 9.68. The van der Waals surface area contributed by atoms with Crippen LogP contribution in [-0.2, 0) is 11.2 Å². The van der Waals surface area contributed by atoms with E-state index in [2.05, 4.69) is 0 Å². The predicted molar refractivity (Wildman–Crippen MR) is 64.1 cm³/mol. The Balaban J connectivity index is 2.51. The van der Waals surface area contributed by atoms with Gasteiger partial charge >= 0.3 is 0 Å². The third kappa shape index (κ3) is 2.13. The van der Waals surface area contributed by atoms with Crippen LogP contribution in [0, 0.1) is 10.1 Å². The molecule has 0 aliphatic carbocycles. The first kappa shape index (κ1) is 11.6. The Kier molecular flexibility index (Phi) is 3.08. The Labute approximate surface area is 99.2 Å². The number of hydrogen-bond donors (Lipinski definition) is 0. The molecule has 0 spiro atoms. The van der Waals surface area contributed by atoms with Crippen LogP contribution in [0.2, 0.25) is 0 Å². The van der Waals surface area contributed by atoms with E-state index in [-0.39, 0.29) is 11.6 Å². The summed E-state index contributed by atoms with van der Waals surface area (Å²) in [6.07, 6.45) is 2.12. The number of rotatable bonds is 2. The number of nitrogens with zero attached hydrogens (tertiary/aromatic N) is 2. The second-order valence-corrected chi connectivity index (χ2v) is 4.06. The molecule has 0 radical (unpaired) electrons. The minimum absolute atomic E-state index is 0.0388. The highest BCUT2D eigenvalue weighted by atomic mass is 16.6. The molecule has 5 heteroatoms. The zero-order chi connectivity index (χ0) is 12.4. The highest BCUT2D eigenvalue weighted by molar-refractivity contribution is 5.95. The average Bonchev–Trinajstić information content (AvgIpc) is 2.46. The van der Waals surface area contributed by atoms with Crippen molar-refractivity contribution in [3.63, 3.8) is 0 Å². The van der Waals surface area contributed by atoms with E-state index < -0.39 is 4.92 Å². The number of fused-ring (bicyclic) bond motifs is 1. The van der Waals surface area contributed by atoms with Crippen LogP contribution in [0.3, 0.4) is 0 Å². The molecule has 1 amide bonds. The lowest BCUT2D eigenvalue weighted by Gasteiger charge is -2.20. The average molecular weight is 234 g/mol. The molecule has 1 aliphatic heterocycles. The molecule has 1 aromatic rings. The van der Waals surface area contributed by atoms with Gasteiger partial charge in [-0.15, -0.1) is 0 Å². The molecule has 0 N–H and O–H groups in total. The summed E-state index contributed by atoms with van der Waals surface area (Å²) in [6.45, 7) is 2.43. The van der Waals surface area contributed by atoms with Crippen molar-refractivity contribution in [2.45, 2.75) is 26.2 Å². The zero-order valence-corrected chi connectivity index (χ0v) is 9.68. The fraction of sp³-hybridized carbons (Fsp3) is 0.417. The Morgan fingerprint density at radius 1 is 1.41 bits per heavy atom. The maximum absolute atomic E-state index is 11.8. The number of benzene rings is 1. The number of carbonyl (C=O) groups is 1. The van der Waals surface area contributed by atoms with Crippen LogP contribution in [0.1, 0.15) is 25.3 Å². The van der Waals surface area contributed by atoms with Gasteiger partial charge in [0.25, 0.3) is 5.69 Å². The van der Waals surface area contributed by atoms with Crippen molar-refractivity contribution >= 4 is 17.3 Å². The molecule has 2 rings (SSSR count). The highest BCUT2D eigenvalue weighted by Gasteiger charge is 2.22. The summed E-state index contributed by atoms with van der Waals surface area (Å²) in [7, 11) is 0. The van der Waals surface area contributed by atoms with Gasteiger partial charge in [-0.2, -0.15) is 0 Å². The molecular weight excluding hydrogens is 220 g/mol. The third-order valence-corrected chi connectivity index (χ3v) is 3.02. The normalized spacial score (nSPS) is 15.4. The SMILES string of the molecule is CCN1C(=O)CCCc2ccc([N+](=O)[O-])cc21. The number of non-ortho nitro benzene ring substituents is 1. The number of amides is 1. The van der Waals surface area contributed by atoms with E-state index in [1.165, 1.54) is 12.1 Å². The monoisotopic (exact) mass is 234 g/mol. The summed E-state index contributed by atoms with van der Waals surface area (Å²) in [5.74, 6) is 0.0479. The third-order valence-electron chi connectivity index (χ3n) is 3.02. The maximum atomic E-state index is 11.8. The molecule has 0 saturated heterocycles. The molecule has 0 unspecified atom stereocenters. The Morgan fingerprint density at radius 2 is 2.18 bits per heavy atom. The summed E-state index contributed by atoms with van der Waals surface area (Å²) in [4.78, 5) is 23.8. The molecule has 1 aliphatic rings. The van der Waals surface area contributed by atoms with Gasteiger partial charge in [0.2, 0.25) is 5.91 Å². The molecule has 90 valence electrons. The van der Waals surface area contributed by atoms with Crippen LogP contribution in [0.25, 0.3) is 0 Å². The number of nitro groups is 1. The van der Waals surface area contributed by atoms with Crippen LogP contribution in [0.4, 0.5) is 11.4 Å². The van der Waals surface area contributed by atoms with E-state index in [0.717, 1.165) is 18.4 Å². The van der Waals surface area contributed by atoms with Gasteiger partial charge in [0.15, 0.2) is 0 Å². The van der Waals surface area contributed by atoms with Crippen molar-refractivity contribution < 1.29 is 9.72 Å². The number of hydrogen-bond acceptors (Lipinski definition) is 3. The van der Waals surface area contributed by atoms with Crippen molar-refractivity contribution in [1.29, 1.82) is 0 Å². The van der Waals surface area contributed by atoms with Crippen LogP contribution < -0.4 is 4.90 Å². The largest absolute Gasteiger partial charge is 0.312 e. The van der Waals surface area contributed by atoms with Crippen LogP contribution in [0.5, 0.6) is 0 Å². The predicted octanol–water partition coefficient (Wildman–Crippen LogP) is 2.28. The van der Waals surface area contributed by atoms with Crippen molar-refractivity contribution in [3.05, 3.63) is 33.9 Å². The molecule has 0 bridgehead atoms. The lowest BCUT2D eigenvalue weighted by atomic mass is 10.1. The van der Waals surface area contributed by atoms with Gasteiger partial charge < -0.3 is 4.90 Å². The first-order valence-electron chi connectivity index (χ1n) is 5.71. The standard InChI is InChI=1S/C12H14N2O3/c1-2-13-11-8-10(14(16)17)7-6-9(11)4-3-5-12(13)15/h6-8H,2-5H2,1H3. The van der Waals surface area contributed by atoms with Crippen molar-refractivity contribution in [2.75, 3.05) is 11.4 Å². The molecule has 0 atom stereocenters. The van der Waals surface area contributed by atoms with Gasteiger partial charge in [0.05, 0.1) is 10.6 Å². The van der Waals surface area contributed by atoms with Crippen molar-refractivity contribution in [3.8, 4) is 0 Å². The Morgan fingerprint density at radius 3 is 2.82 bits per heavy atom. The topological polar surface area (TPSA) is 63.5 Å². The summed E-state index contributed by atoms with van der Waals surface area (Å²) in [5, 5.41) is 10.8. The quantitative estimate of drug-likeness (QED) is 0.582. The van der Waals surface area contributed by atoms with Crippen molar-refractivity contribution in [2.24, 2.45) is 0 Å². The van der Waals surface area contributed by atoms with Gasteiger partial charge in [0.1, 0.15) is 0 Å². The Bertz CT molecular complexity index is 471. The van der Waals surface area contributed by atoms with E-state index in [1.54, 1.807) is 11.0 Å². The minimum Gasteiger partial charge on any atom is -0.312 e. The number of nitro benzene ring substituents is 1. The van der Waals surface area contributed by atoms with E-state index >= 15 is 0 Å². The molecule has 0 fully saturated rings. The van der Waals surface area contributed by atoms with Gasteiger partial charge in [-0.25, -0.2) is 0 Å². The van der Waals surface area contributed by atoms with Gasteiger partial charge in [0, 0.05) is 25.1 Å². The van der Waals surface area contributed by atoms with Crippen LogP contribution >= 0.6 is 0 Å². The van der Waals surface area contributed by atoms with E-state index in [0.29, 0.717) is 18.7 Å². The van der Waals surface area contributed by atoms with Gasteiger partial charge in [-0.05, 0) is 25.3 Å². The first-order valence-corrected chi connectivity index (χ1v) is 5.71. The van der Waals surface area contributed by atoms with Crippen LogP contribution in [0.15, 0.2) is 18.2 Å². The van der Waals surface area contributed by atoms with Gasteiger partial charge in [-0.3, -0.25) is 14.9 Å². The van der Waals surface area contributed by atoms with Crippen molar-refractivity contribution in [1.82, 2.24) is 0 Å². The molecule has 0 aromatic heterocycles. The highest BCUT2D eigenvalue weighted by Crippen LogP contribution is 2.30. The molecule has 0 saturated carbocycles. The van der Waals surface area contributed by atoms with E-state index in [1.807, 2.05) is 6.92 Å². The number of anilines is 1.